The molecule has 0 radical (unpaired) electrons. The molecule has 1 atom stereocenters. The molecule has 240 valence electrons. The number of fused-ring (bicyclic) bond motifs is 1. The fourth-order valence-corrected chi connectivity index (χ4v) is 6.11. The van der Waals surface area contributed by atoms with Crippen LogP contribution in [0.1, 0.15) is 37.0 Å². The molecule has 6 rings (SSSR count). The summed E-state index contributed by atoms with van der Waals surface area (Å²) in [5, 5.41) is 19.8. The molecule has 47 heavy (non-hydrogen) atoms. The van der Waals surface area contributed by atoms with Crippen LogP contribution in [0.4, 0.5) is 5.69 Å². The first-order valence-electron chi connectivity index (χ1n) is 15.2. The van der Waals surface area contributed by atoms with Gasteiger partial charge >= 0.3 is 0 Å². The van der Waals surface area contributed by atoms with Crippen molar-refractivity contribution in [2.75, 3.05) is 17.8 Å². The molecule has 0 bridgehead atoms. The Morgan fingerprint density at radius 2 is 1.68 bits per heavy atom. The lowest BCUT2D eigenvalue weighted by atomic mass is 10.1. The third-order valence-corrected chi connectivity index (χ3v) is 9.06. The van der Waals surface area contributed by atoms with E-state index in [0.717, 1.165) is 28.3 Å². The number of aromatic nitrogens is 3. The largest absolute Gasteiger partial charge is 0.478 e. The van der Waals surface area contributed by atoms with E-state index in [1.165, 1.54) is 12.1 Å². The smallest absolute Gasteiger partial charge is 0.270 e. The fourth-order valence-electron chi connectivity index (χ4n) is 5.05. The lowest BCUT2D eigenvalue weighted by molar-refractivity contribution is 0.0693. The summed E-state index contributed by atoms with van der Waals surface area (Å²) in [6, 6.07) is 31.0. The van der Waals surface area contributed by atoms with Gasteiger partial charge in [-0.3, -0.25) is 9.71 Å². The molecule has 0 aliphatic carbocycles. The van der Waals surface area contributed by atoms with E-state index in [1.807, 2.05) is 74.5 Å². The summed E-state index contributed by atoms with van der Waals surface area (Å²) in [6.07, 6.45) is 3.41. The molecule has 0 saturated carbocycles. The van der Waals surface area contributed by atoms with Crippen molar-refractivity contribution in [1.82, 2.24) is 20.4 Å². The highest BCUT2D eigenvalue weighted by molar-refractivity contribution is 7.92. The van der Waals surface area contributed by atoms with Crippen LogP contribution in [0.15, 0.2) is 125 Å². The zero-order chi connectivity index (χ0) is 32.9. The summed E-state index contributed by atoms with van der Waals surface area (Å²) in [5.41, 5.74) is 1.94. The molecule has 0 fully saturated rings. The van der Waals surface area contributed by atoms with Gasteiger partial charge in [0.15, 0.2) is 5.60 Å². The third kappa shape index (κ3) is 7.83. The first-order chi connectivity index (χ1) is 22.7. The third-order valence-electron chi connectivity index (χ3n) is 7.66. The zero-order valence-corrected chi connectivity index (χ0v) is 26.8. The van der Waals surface area contributed by atoms with E-state index in [9.17, 15) is 13.5 Å². The second kappa shape index (κ2) is 13.7. The van der Waals surface area contributed by atoms with Crippen LogP contribution in [0.3, 0.4) is 0 Å². The van der Waals surface area contributed by atoms with Gasteiger partial charge in [-0.15, -0.1) is 0 Å². The van der Waals surface area contributed by atoms with Gasteiger partial charge in [-0.25, -0.2) is 8.42 Å². The predicted octanol–water partition coefficient (Wildman–Crippen LogP) is 6.27. The van der Waals surface area contributed by atoms with E-state index in [4.69, 9.17) is 9.26 Å². The monoisotopic (exact) mass is 649 g/mol. The lowest BCUT2D eigenvalue weighted by Crippen LogP contribution is -2.25. The molecule has 10 nitrogen and oxygen atoms in total. The number of nitrogens with zero attached hydrogens (tertiary/aromatic N) is 3. The van der Waals surface area contributed by atoms with Crippen molar-refractivity contribution in [3.8, 4) is 17.1 Å². The summed E-state index contributed by atoms with van der Waals surface area (Å²) in [4.78, 5) is 8.67. The average Bonchev–Trinajstić information content (AvgIpc) is 3.59. The normalized spacial score (nSPS) is 12.6. The molecule has 0 saturated heterocycles. The molecule has 11 heteroatoms. The van der Waals surface area contributed by atoms with Crippen LogP contribution in [0.2, 0.25) is 0 Å². The van der Waals surface area contributed by atoms with Crippen LogP contribution in [0.25, 0.3) is 22.2 Å². The number of rotatable bonds is 13. The number of aliphatic hydroxyl groups excluding tert-OH is 1. The van der Waals surface area contributed by atoms with Crippen LogP contribution in [-0.4, -0.2) is 41.7 Å². The van der Waals surface area contributed by atoms with Gasteiger partial charge in [0, 0.05) is 35.8 Å². The molecule has 2 heterocycles. The maximum absolute atomic E-state index is 13.1. The topological polar surface area (TPSA) is 139 Å². The Bertz CT molecular complexity index is 2050. The lowest BCUT2D eigenvalue weighted by Gasteiger charge is -2.22. The number of hydrogen-bond acceptors (Lipinski definition) is 9. The van der Waals surface area contributed by atoms with E-state index >= 15 is 0 Å². The summed E-state index contributed by atoms with van der Waals surface area (Å²) >= 11 is 0. The molecule has 4 aromatic carbocycles. The molecule has 0 amide bonds. The number of benzene rings is 4. The van der Waals surface area contributed by atoms with Gasteiger partial charge in [0.2, 0.25) is 5.82 Å². The second-order valence-corrected chi connectivity index (χ2v) is 13.3. The van der Waals surface area contributed by atoms with E-state index in [0.29, 0.717) is 41.8 Å². The van der Waals surface area contributed by atoms with Gasteiger partial charge in [0.05, 0.1) is 11.0 Å². The molecule has 2 aromatic heterocycles. The Labute approximate surface area is 273 Å². The van der Waals surface area contributed by atoms with Crippen molar-refractivity contribution >= 4 is 26.5 Å². The van der Waals surface area contributed by atoms with Crippen LogP contribution in [0, 0.1) is 0 Å². The Morgan fingerprint density at radius 3 is 2.43 bits per heavy atom. The SMILES string of the molecule is CC(C)(Oc1ccc2ccccc2c1)c1nc(-c2ccc(S(=O)(=O)Nc3ccc(CCNCC(O)c4cccnc4)cc3)cc2)no1. The molecule has 3 N–H and O–H groups in total. The predicted molar refractivity (Wildman–Crippen MR) is 180 cm³/mol. The molecular formula is C36H35N5O5S. The Kier molecular flexibility index (Phi) is 9.30. The van der Waals surface area contributed by atoms with Crippen molar-refractivity contribution in [1.29, 1.82) is 0 Å². The molecule has 0 spiro atoms. The maximum Gasteiger partial charge on any atom is 0.270 e. The van der Waals surface area contributed by atoms with Gasteiger partial charge in [0.1, 0.15) is 5.75 Å². The number of hydrogen-bond donors (Lipinski definition) is 3. The van der Waals surface area contributed by atoms with Crippen LogP contribution < -0.4 is 14.8 Å². The second-order valence-electron chi connectivity index (χ2n) is 11.6. The summed E-state index contributed by atoms with van der Waals surface area (Å²) in [7, 11) is -3.83. The van der Waals surface area contributed by atoms with Gasteiger partial charge in [-0.2, -0.15) is 4.98 Å². The van der Waals surface area contributed by atoms with E-state index in [-0.39, 0.29) is 4.90 Å². The average molecular weight is 650 g/mol. The summed E-state index contributed by atoms with van der Waals surface area (Å²) in [5.74, 6) is 1.29. The number of anilines is 1. The Balaban J connectivity index is 1.03. The Hall–Kier alpha value is -5.10. The van der Waals surface area contributed by atoms with Gasteiger partial charge in [0.25, 0.3) is 15.9 Å². The highest BCUT2D eigenvalue weighted by Gasteiger charge is 2.30. The molecule has 0 aliphatic heterocycles. The standard InChI is InChI=1S/C36H35N5O5S/c1-36(2,45-31-16-11-26-6-3-4-7-28(26)22-31)35-39-34(40-46-35)27-12-17-32(18-13-27)47(43,44)41-30-14-9-25(10-15-30)19-21-38-24-33(42)29-8-5-20-37-23-29/h3-18,20,22-23,33,38,41-42H,19,21,24H2,1-2H3. The van der Waals surface area contributed by atoms with Crippen molar-refractivity contribution < 1.29 is 22.8 Å². The minimum Gasteiger partial charge on any atom is -0.478 e. The minimum atomic E-state index is -3.83. The van der Waals surface area contributed by atoms with Crippen molar-refractivity contribution in [3.63, 3.8) is 0 Å². The molecular weight excluding hydrogens is 614 g/mol. The van der Waals surface area contributed by atoms with Crippen molar-refractivity contribution in [3.05, 3.63) is 133 Å². The Morgan fingerprint density at radius 1 is 0.915 bits per heavy atom. The highest BCUT2D eigenvalue weighted by Crippen LogP contribution is 2.30. The summed E-state index contributed by atoms with van der Waals surface area (Å²) in [6.45, 7) is 4.77. The van der Waals surface area contributed by atoms with Gasteiger partial charge in [-0.05, 0) is 97.7 Å². The first-order valence-corrected chi connectivity index (χ1v) is 16.7. The van der Waals surface area contributed by atoms with Crippen molar-refractivity contribution in [2.45, 2.75) is 36.9 Å². The maximum atomic E-state index is 13.1. The quantitative estimate of drug-likeness (QED) is 0.124. The first kappa shape index (κ1) is 31.9. The number of nitrogens with one attached hydrogen (secondary N) is 2. The number of aliphatic hydroxyl groups is 1. The summed E-state index contributed by atoms with van der Waals surface area (Å²) < 4.78 is 40.6. The fraction of sp³-hybridized carbons (Fsp3) is 0.194. The van der Waals surface area contributed by atoms with Gasteiger partial charge < -0.3 is 19.7 Å². The molecule has 0 aliphatic rings. The van der Waals surface area contributed by atoms with Crippen molar-refractivity contribution in [2.24, 2.45) is 0 Å². The minimum absolute atomic E-state index is 0.102. The highest BCUT2D eigenvalue weighted by atomic mass is 32.2. The van der Waals surface area contributed by atoms with E-state index < -0.39 is 21.7 Å². The van der Waals surface area contributed by atoms with E-state index in [1.54, 1.807) is 42.7 Å². The molecule has 6 aromatic rings. The number of ether oxygens (including phenoxy) is 1. The zero-order valence-electron chi connectivity index (χ0n) is 26.0. The number of sulfonamides is 1. The van der Waals surface area contributed by atoms with Crippen LogP contribution >= 0.6 is 0 Å². The van der Waals surface area contributed by atoms with Crippen LogP contribution in [-0.2, 0) is 22.0 Å². The van der Waals surface area contributed by atoms with Crippen LogP contribution in [0.5, 0.6) is 5.75 Å². The van der Waals surface area contributed by atoms with E-state index in [2.05, 4.69) is 25.2 Å². The van der Waals surface area contributed by atoms with Gasteiger partial charge in [-0.1, -0.05) is 53.7 Å². The number of pyridine rings is 1. The molecule has 1 unspecified atom stereocenters.